The van der Waals surface area contributed by atoms with Crippen LogP contribution in [0, 0.1) is 6.92 Å². The molecular weight excluding hydrogens is 436 g/mol. The molecule has 182 valence electrons. The lowest BCUT2D eigenvalue weighted by molar-refractivity contribution is -0.134. The topological polar surface area (TPSA) is 102 Å². The molecule has 0 bridgehead atoms. The summed E-state index contributed by atoms with van der Waals surface area (Å²) in [5, 5.41) is 0. The quantitative estimate of drug-likeness (QED) is 0.601. The van der Waals surface area contributed by atoms with Gasteiger partial charge in [-0.3, -0.25) is 9.59 Å². The fourth-order valence-electron chi connectivity index (χ4n) is 4.15. The molecule has 1 aromatic heterocycles. The number of ether oxygens (including phenoxy) is 2. The van der Waals surface area contributed by atoms with E-state index >= 15 is 0 Å². The Morgan fingerprint density at radius 2 is 1.76 bits per heavy atom. The van der Waals surface area contributed by atoms with Crippen LogP contribution in [0.15, 0.2) is 24.3 Å². The number of nitrogens with zero attached hydrogens (tertiary/aromatic N) is 4. The number of esters is 1. The summed E-state index contributed by atoms with van der Waals surface area (Å²) in [4.78, 5) is 51.1. The van der Waals surface area contributed by atoms with Crippen molar-refractivity contribution >= 4 is 17.8 Å². The molecule has 0 radical (unpaired) electrons. The molecule has 1 fully saturated rings. The van der Waals surface area contributed by atoms with Crippen LogP contribution in [0.1, 0.15) is 64.6 Å². The lowest BCUT2D eigenvalue weighted by Crippen LogP contribution is -2.56. The highest BCUT2D eigenvalue weighted by Crippen LogP contribution is 2.23. The number of aromatic nitrogens is 2. The van der Waals surface area contributed by atoms with Crippen molar-refractivity contribution in [2.45, 2.75) is 46.1 Å². The number of rotatable bonds is 6. The van der Waals surface area contributed by atoms with Gasteiger partial charge < -0.3 is 19.3 Å². The minimum atomic E-state index is -0.631. The van der Waals surface area contributed by atoms with Crippen molar-refractivity contribution in [3.8, 4) is 5.75 Å². The second kappa shape index (κ2) is 10.6. The average Bonchev–Trinajstić information content (AvgIpc) is 2.82. The summed E-state index contributed by atoms with van der Waals surface area (Å²) in [6.45, 7) is 8.50. The van der Waals surface area contributed by atoms with Gasteiger partial charge in [0, 0.05) is 25.7 Å². The lowest BCUT2D eigenvalue weighted by Gasteiger charge is -2.40. The van der Waals surface area contributed by atoms with E-state index in [0.29, 0.717) is 31.2 Å². The Morgan fingerprint density at radius 1 is 1.09 bits per heavy atom. The minimum Gasteiger partial charge on any atom is -0.497 e. The van der Waals surface area contributed by atoms with Gasteiger partial charge in [0.15, 0.2) is 0 Å². The lowest BCUT2D eigenvalue weighted by atomic mass is 10.0. The van der Waals surface area contributed by atoms with Crippen LogP contribution in [-0.2, 0) is 16.0 Å². The van der Waals surface area contributed by atoms with Crippen LogP contribution in [0.5, 0.6) is 5.75 Å². The van der Waals surface area contributed by atoms with Crippen molar-refractivity contribution in [2.24, 2.45) is 0 Å². The van der Waals surface area contributed by atoms with E-state index in [0.717, 1.165) is 11.3 Å². The monoisotopic (exact) mass is 468 g/mol. The Kier molecular flexibility index (Phi) is 7.86. The van der Waals surface area contributed by atoms with Crippen LogP contribution in [0.25, 0.3) is 0 Å². The zero-order chi connectivity index (χ0) is 25.0. The van der Waals surface area contributed by atoms with Gasteiger partial charge in [0.25, 0.3) is 5.91 Å². The first-order valence-corrected chi connectivity index (χ1v) is 11.3. The van der Waals surface area contributed by atoms with Gasteiger partial charge in [-0.15, -0.1) is 0 Å². The highest BCUT2D eigenvalue weighted by Gasteiger charge is 2.34. The molecule has 9 nitrogen and oxygen atoms in total. The summed E-state index contributed by atoms with van der Waals surface area (Å²) in [5.41, 5.74) is 1.55. The number of amides is 2. The zero-order valence-corrected chi connectivity index (χ0v) is 20.6. The molecule has 1 unspecified atom stereocenters. The van der Waals surface area contributed by atoms with Crippen LogP contribution in [-0.4, -0.2) is 77.4 Å². The maximum atomic E-state index is 13.5. The smallest absolute Gasteiger partial charge is 0.342 e. The van der Waals surface area contributed by atoms with Gasteiger partial charge in [-0.2, -0.15) is 0 Å². The predicted molar refractivity (Wildman–Crippen MR) is 126 cm³/mol. The van der Waals surface area contributed by atoms with Crippen LogP contribution in [0.3, 0.4) is 0 Å². The number of hydrogen-bond acceptors (Lipinski definition) is 7. The molecule has 0 aliphatic carbocycles. The molecule has 1 atom stereocenters. The number of aryl methyl sites for hydroxylation is 1. The SMILES string of the molecule is COC(=O)c1c(C(=O)N2CCN(C(=O)Cc3ccc(OC)cc3)C(C)C2)nc(C)nc1C(C)C. The molecule has 0 N–H and O–H groups in total. The maximum absolute atomic E-state index is 13.5. The third kappa shape index (κ3) is 5.35. The summed E-state index contributed by atoms with van der Waals surface area (Å²) in [6, 6.07) is 7.23. The summed E-state index contributed by atoms with van der Waals surface area (Å²) in [7, 11) is 2.87. The van der Waals surface area contributed by atoms with Gasteiger partial charge in [0.2, 0.25) is 5.91 Å². The normalized spacial score (nSPS) is 15.9. The van der Waals surface area contributed by atoms with Crippen molar-refractivity contribution in [3.63, 3.8) is 0 Å². The molecule has 1 aliphatic rings. The highest BCUT2D eigenvalue weighted by molar-refractivity contribution is 6.04. The molecule has 2 heterocycles. The fourth-order valence-corrected chi connectivity index (χ4v) is 4.15. The van der Waals surface area contributed by atoms with E-state index in [4.69, 9.17) is 9.47 Å². The fraction of sp³-hybridized carbons (Fsp3) is 0.480. The molecule has 9 heteroatoms. The molecule has 0 spiro atoms. The van der Waals surface area contributed by atoms with E-state index in [1.54, 1.807) is 23.8 Å². The Bertz CT molecular complexity index is 1070. The summed E-state index contributed by atoms with van der Waals surface area (Å²) in [5.74, 6) is 0.0775. The number of hydrogen-bond donors (Lipinski definition) is 0. The number of piperazine rings is 1. The molecule has 34 heavy (non-hydrogen) atoms. The number of carbonyl (C=O) groups excluding carboxylic acids is 3. The summed E-state index contributed by atoms with van der Waals surface area (Å²) in [6.07, 6.45) is 0.275. The Labute approximate surface area is 200 Å². The van der Waals surface area contributed by atoms with E-state index in [1.165, 1.54) is 7.11 Å². The zero-order valence-electron chi connectivity index (χ0n) is 20.6. The largest absolute Gasteiger partial charge is 0.497 e. The highest BCUT2D eigenvalue weighted by atomic mass is 16.5. The minimum absolute atomic E-state index is 0.00000908. The van der Waals surface area contributed by atoms with Crippen molar-refractivity contribution in [1.29, 1.82) is 0 Å². The van der Waals surface area contributed by atoms with Crippen LogP contribution in [0.2, 0.25) is 0 Å². The first kappa shape index (κ1) is 25.1. The van der Waals surface area contributed by atoms with Gasteiger partial charge in [-0.25, -0.2) is 14.8 Å². The van der Waals surface area contributed by atoms with E-state index in [1.807, 2.05) is 45.0 Å². The Morgan fingerprint density at radius 3 is 2.32 bits per heavy atom. The van der Waals surface area contributed by atoms with Gasteiger partial charge in [0.05, 0.1) is 26.3 Å². The van der Waals surface area contributed by atoms with Crippen LogP contribution in [0.4, 0.5) is 0 Å². The standard InChI is InChI=1S/C25H32N4O5/c1-15(2)22-21(25(32)34-6)23(27-17(4)26-22)24(31)28-11-12-29(16(3)14-28)20(30)13-18-7-9-19(33-5)10-8-18/h7-10,15-16H,11-14H2,1-6H3. The number of carbonyl (C=O) groups is 3. The molecule has 2 aromatic rings. The summed E-state index contributed by atoms with van der Waals surface area (Å²) >= 11 is 0. The molecule has 1 aromatic carbocycles. The van der Waals surface area contributed by atoms with Crippen molar-refractivity contribution < 1.29 is 23.9 Å². The molecule has 0 saturated carbocycles. The van der Waals surface area contributed by atoms with Crippen LogP contribution < -0.4 is 4.74 Å². The van der Waals surface area contributed by atoms with Crippen molar-refractivity contribution in [1.82, 2.24) is 19.8 Å². The van der Waals surface area contributed by atoms with Gasteiger partial charge >= 0.3 is 5.97 Å². The van der Waals surface area contributed by atoms with Crippen molar-refractivity contribution in [2.75, 3.05) is 33.9 Å². The number of methoxy groups -OCH3 is 2. The second-order valence-electron chi connectivity index (χ2n) is 8.74. The molecule has 1 saturated heterocycles. The Hall–Kier alpha value is -3.49. The molecule has 1 aliphatic heterocycles. The van der Waals surface area contributed by atoms with Gasteiger partial charge in [0.1, 0.15) is 22.8 Å². The Balaban J connectivity index is 1.76. The third-order valence-corrected chi connectivity index (χ3v) is 5.94. The van der Waals surface area contributed by atoms with E-state index in [9.17, 15) is 14.4 Å². The van der Waals surface area contributed by atoms with Gasteiger partial charge in [-0.05, 0) is 37.5 Å². The number of benzene rings is 1. The first-order valence-electron chi connectivity index (χ1n) is 11.3. The molecule has 3 rings (SSSR count). The van der Waals surface area contributed by atoms with E-state index < -0.39 is 5.97 Å². The average molecular weight is 469 g/mol. The van der Waals surface area contributed by atoms with Crippen molar-refractivity contribution in [3.05, 3.63) is 52.6 Å². The predicted octanol–water partition coefficient (Wildman–Crippen LogP) is 2.62. The van der Waals surface area contributed by atoms with Gasteiger partial charge in [-0.1, -0.05) is 26.0 Å². The second-order valence-corrected chi connectivity index (χ2v) is 8.74. The van der Waals surface area contributed by atoms with Crippen LogP contribution >= 0.6 is 0 Å². The van der Waals surface area contributed by atoms with E-state index in [-0.39, 0.29) is 41.5 Å². The third-order valence-electron chi connectivity index (χ3n) is 5.94. The molecular formula is C25H32N4O5. The summed E-state index contributed by atoms with van der Waals surface area (Å²) < 4.78 is 10.1. The molecule has 2 amide bonds. The maximum Gasteiger partial charge on any atom is 0.342 e. The first-order chi connectivity index (χ1) is 16.2. The van der Waals surface area contributed by atoms with E-state index in [2.05, 4.69) is 9.97 Å².